The minimum Gasteiger partial charge on any atom is -0.743 e. The summed E-state index contributed by atoms with van der Waals surface area (Å²) in [7, 11) is -6.20. The summed E-state index contributed by atoms with van der Waals surface area (Å²) in [5.74, 6) is -2.34. The predicted octanol–water partition coefficient (Wildman–Crippen LogP) is 0.988. The molecular weight excluding hydrogens is 481 g/mol. The first-order valence-electron chi connectivity index (χ1n) is 10.1. The molecule has 0 aliphatic carbocycles. The molecule has 0 amide bonds. The normalized spacial score (nSPS) is 32.8. The third-order valence-electron chi connectivity index (χ3n) is 6.48. The molecule has 3 fully saturated rings. The Kier molecular flexibility index (Phi) is 7.12. The first-order valence-corrected chi connectivity index (χ1v) is 12.5. The van der Waals surface area contributed by atoms with Crippen molar-refractivity contribution in [3.8, 4) is 0 Å². The molecule has 3 saturated heterocycles. The number of hydrogen-bond donors (Lipinski definition) is 1. The summed E-state index contributed by atoms with van der Waals surface area (Å²) < 4.78 is 86.4. The van der Waals surface area contributed by atoms with E-state index in [0.29, 0.717) is 12.8 Å². The molecular formula is C18H24F3O9S2-. The van der Waals surface area contributed by atoms with Gasteiger partial charge in [-0.15, -0.1) is 11.8 Å². The van der Waals surface area contributed by atoms with Crippen LogP contribution >= 0.6 is 11.8 Å². The number of thioether (sulfide) groups is 1. The molecule has 3 aliphatic rings. The van der Waals surface area contributed by atoms with Crippen molar-refractivity contribution in [3.05, 3.63) is 0 Å². The molecule has 7 atom stereocenters. The van der Waals surface area contributed by atoms with Gasteiger partial charge >= 0.3 is 17.2 Å². The van der Waals surface area contributed by atoms with Gasteiger partial charge in [0.1, 0.15) is 18.8 Å². The van der Waals surface area contributed by atoms with E-state index in [1.807, 2.05) is 13.8 Å². The van der Waals surface area contributed by atoms with E-state index in [1.165, 1.54) is 11.8 Å². The molecule has 0 aromatic heterocycles. The van der Waals surface area contributed by atoms with Crippen LogP contribution in [0.15, 0.2) is 0 Å². The summed E-state index contributed by atoms with van der Waals surface area (Å²) in [6, 6.07) is 0. The van der Waals surface area contributed by atoms with Crippen molar-refractivity contribution < 1.29 is 55.0 Å². The van der Waals surface area contributed by atoms with Gasteiger partial charge in [0, 0.05) is 17.6 Å². The molecule has 3 rings (SSSR count). The van der Waals surface area contributed by atoms with Gasteiger partial charge in [-0.25, -0.2) is 17.6 Å². The summed E-state index contributed by atoms with van der Waals surface area (Å²) in [5, 5.41) is 5.38. The van der Waals surface area contributed by atoms with Crippen molar-refractivity contribution in [2.45, 2.75) is 72.8 Å². The molecule has 0 saturated carbocycles. The van der Waals surface area contributed by atoms with Gasteiger partial charge in [-0.3, -0.25) is 4.79 Å². The summed E-state index contributed by atoms with van der Waals surface area (Å²) in [5.41, 5.74) is -1.11. The maximum Gasteiger partial charge on any atom is 0.364 e. The fourth-order valence-electron chi connectivity index (χ4n) is 4.68. The van der Waals surface area contributed by atoms with E-state index in [2.05, 4.69) is 4.74 Å². The molecule has 14 heteroatoms. The molecule has 0 aromatic carbocycles. The number of carbonyl (C=O) groups is 2. The van der Waals surface area contributed by atoms with E-state index < -0.39 is 82.8 Å². The monoisotopic (exact) mass is 505 g/mol. The van der Waals surface area contributed by atoms with Crippen LogP contribution in [0.4, 0.5) is 13.2 Å². The number of halogens is 3. The third-order valence-corrected chi connectivity index (χ3v) is 9.15. The molecule has 7 unspecified atom stereocenters. The van der Waals surface area contributed by atoms with Gasteiger partial charge in [-0.05, 0) is 12.8 Å². The highest BCUT2D eigenvalue weighted by molar-refractivity contribution is 8.01. The molecule has 3 aliphatic heterocycles. The lowest BCUT2D eigenvalue weighted by Crippen LogP contribution is -2.53. The molecule has 9 nitrogen and oxygen atoms in total. The first-order chi connectivity index (χ1) is 14.8. The number of hydrogen-bond acceptors (Lipinski definition) is 10. The van der Waals surface area contributed by atoms with Gasteiger partial charge in [0.15, 0.2) is 16.3 Å². The van der Waals surface area contributed by atoms with E-state index in [0.717, 1.165) is 0 Å². The minimum atomic E-state index is -6.20. The zero-order chi connectivity index (χ0) is 24.1. The van der Waals surface area contributed by atoms with Crippen LogP contribution in [0.25, 0.3) is 0 Å². The van der Waals surface area contributed by atoms with Gasteiger partial charge in [0.05, 0.1) is 23.4 Å². The average Bonchev–Trinajstić information content (AvgIpc) is 3.33. The number of aliphatic hydroxyl groups is 1. The van der Waals surface area contributed by atoms with Crippen LogP contribution in [0.1, 0.15) is 33.1 Å². The number of alkyl halides is 3. The third kappa shape index (κ3) is 4.24. The lowest BCUT2D eigenvalue weighted by atomic mass is 9.67. The van der Waals surface area contributed by atoms with Crippen LogP contribution in [0.3, 0.4) is 0 Å². The summed E-state index contributed by atoms with van der Waals surface area (Å²) in [6.07, 6.45) is -5.00. The zero-order valence-corrected chi connectivity index (χ0v) is 18.9. The van der Waals surface area contributed by atoms with E-state index in [-0.39, 0.29) is 10.5 Å². The van der Waals surface area contributed by atoms with Crippen LogP contribution in [0.2, 0.25) is 0 Å². The maximum absolute atomic E-state index is 13.4. The van der Waals surface area contributed by atoms with E-state index in [9.17, 15) is 40.8 Å². The first kappa shape index (κ1) is 25.5. The fourth-order valence-corrected chi connectivity index (χ4v) is 7.27. The van der Waals surface area contributed by atoms with Gasteiger partial charge < -0.3 is 23.9 Å². The molecule has 1 N–H and O–H groups in total. The summed E-state index contributed by atoms with van der Waals surface area (Å²) >= 11 is 1.46. The van der Waals surface area contributed by atoms with E-state index >= 15 is 0 Å². The number of ether oxygens (including phenoxy) is 3. The standard InChI is InChI=1S/C18H25F3O9S2/c1-3-17(24,4-2)11-10-14-13(30-16(10)23)12(15(11)31-14)29-7-9(22)28-6-5-8(19)18(20,21)32(25,26)27/h8,10-15,24H,3-7H2,1-2H3,(H,25,26,27)/p-1. The number of rotatable bonds is 11. The van der Waals surface area contributed by atoms with Crippen molar-refractivity contribution in [1.29, 1.82) is 0 Å². The van der Waals surface area contributed by atoms with Gasteiger partial charge in [-0.2, -0.15) is 8.78 Å². The molecule has 0 radical (unpaired) electrons. The predicted molar refractivity (Wildman–Crippen MR) is 102 cm³/mol. The topological polar surface area (TPSA) is 139 Å². The van der Waals surface area contributed by atoms with E-state index in [4.69, 9.17) is 9.47 Å². The van der Waals surface area contributed by atoms with E-state index in [1.54, 1.807) is 0 Å². The molecule has 32 heavy (non-hydrogen) atoms. The second kappa shape index (κ2) is 8.93. The van der Waals surface area contributed by atoms with Crippen LogP contribution in [0, 0.1) is 11.8 Å². The highest BCUT2D eigenvalue weighted by atomic mass is 32.2. The van der Waals surface area contributed by atoms with Crippen LogP contribution < -0.4 is 0 Å². The smallest absolute Gasteiger partial charge is 0.364 e. The molecule has 0 spiro atoms. The van der Waals surface area contributed by atoms with Gasteiger partial charge in [0.25, 0.3) is 0 Å². The summed E-state index contributed by atoms with van der Waals surface area (Å²) in [4.78, 5) is 24.3. The Morgan fingerprint density at radius 3 is 2.50 bits per heavy atom. The fraction of sp³-hybridized carbons (Fsp3) is 0.889. The largest absolute Gasteiger partial charge is 0.743 e. The van der Waals surface area contributed by atoms with Crippen LogP contribution in [-0.4, -0.2) is 83.0 Å². The Labute approximate surface area is 187 Å². The second-order valence-electron chi connectivity index (χ2n) is 8.10. The van der Waals surface area contributed by atoms with Gasteiger partial charge in [0.2, 0.25) is 0 Å². The molecule has 184 valence electrons. The van der Waals surface area contributed by atoms with Crippen molar-refractivity contribution in [2.24, 2.45) is 11.8 Å². The lowest BCUT2D eigenvalue weighted by Gasteiger charge is -2.40. The second-order valence-corrected chi connectivity index (χ2v) is 10.9. The average molecular weight is 506 g/mol. The SMILES string of the molecule is CCC(O)(CC)C1C2SC3C(OC(=O)C31)C2OCC(=O)OCCC(F)C(F)(F)S(=O)(=O)[O-]. The summed E-state index contributed by atoms with van der Waals surface area (Å²) in [6.45, 7) is 2.08. The van der Waals surface area contributed by atoms with Crippen molar-refractivity contribution in [2.75, 3.05) is 13.2 Å². The quantitative estimate of drug-likeness (QED) is 0.319. The van der Waals surface area contributed by atoms with Crippen molar-refractivity contribution in [1.82, 2.24) is 0 Å². The lowest BCUT2D eigenvalue weighted by molar-refractivity contribution is -0.156. The minimum absolute atomic E-state index is 0.216. The zero-order valence-electron chi connectivity index (χ0n) is 17.2. The van der Waals surface area contributed by atoms with Crippen LogP contribution in [0.5, 0.6) is 0 Å². The number of carbonyl (C=O) groups excluding carboxylic acids is 2. The number of esters is 2. The molecule has 0 aromatic rings. The Bertz CT molecular complexity index is 849. The molecule has 3 heterocycles. The van der Waals surface area contributed by atoms with Crippen LogP contribution in [-0.2, 0) is 33.9 Å². The number of fused-ring (bicyclic) bond motifs is 1. The Morgan fingerprint density at radius 1 is 1.31 bits per heavy atom. The van der Waals surface area contributed by atoms with Crippen molar-refractivity contribution in [3.63, 3.8) is 0 Å². The Balaban J connectivity index is 1.55. The maximum atomic E-state index is 13.4. The highest BCUT2D eigenvalue weighted by Crippen LogP contribution is 2.62. The van der Waals surface area contributed by atoms with Gasteiger partial charge in [-0.1, -0.05) is 13.8 Å². The Morgan fingerprint density at radius 2 is 1.94 bits per heavy atom. The van der Waals surface area contributed by atoms with Crippen molar-refractivity contribution >= 4 is 33.8 Å². The highest BCUT2D eigenvalue weighted by Gasteiger charge is 2.71. The molecule has 2 bridgehead atoms. The Hall–Kier alpha value is -1.09.